The zero-order valence-corrected chi connectivity index (χ0v) is 17.8. The summed E-state index contributed by atoms with van der Waals surface area (Å²) in [7, 11) is -4.01. The molecule has 0 bridgehead atoms. The first-order chi connectivity index (χ1) is 14.0. The van der Waals surface area contributed by atoms with E-state index in [9.17, 15) is 17.6 Å². The first-order valence-corrected chi connectivity index (χ1v) is 10.7. The van der Waals surface area contributed by atoms with Crippen LogP contribution in [0.2, 0.25) is 0 Å². The Morgan fingerprint density at radius 1 is 1.13 bits per heavy atom. The van der Waals surface area contributed by atoms with Gasteiger partial charge in [0.1, 0.15) is 16.9 Å². The van der Waals surface area contributed by atoms with Gasteiger partial charge in [-0.3, -0.25) is 4.79 Å². The van der Waals surface area contributed by atoms with Crippen LogP contribution >= 0.6 is 0 Å². The highest BCUT2D eigenvalue weighted by molar-refractivity contribution is 7.92. The smallest absolute Gasteiger partial charge is 0.252 e. The Bertz CT molecular complexity index is 1150. The molecule has 0 fully saturated rings. The topological polar surface area (TPSA) is 107 Å². The summed E-state index contributed by atoms with van der Waals surface area (Å²) in [6, 6.07) is 7.64. The van der Waals surface area contributed by atoms with Crippen LogP contribution in [0.1, 0.15) is 33.4 Å². The number of anilines is 1. The fourth-order valence-electron chi connectivity index (χ4n) is 2.59. The van der Waals surface area contributed by atoms with Gasteiger partial charge >= 0.3 is 0 Å². The van der Waals surface area contributed by atoms with E-state index in [0.717, 1.165) is 24.3 Å². The van der Waals surface area contributed by atoms with Crippen molar-refractivity contribution in [1.29, 1.82) is 0 Å². The molecule has 0 saturated carbocycles. The molecular formula is C20H22FN5O3S. The average Bonchev–Trinajstić information content (AvgIpc) is 3.12. The van der Waals surface area contributed by atoms with E-state index in [0.29, 0.717) is 5.69 Å². The highest BCUT2D eigenvalue weighted by atomic mass is 32.2. The van der Waals surface area contributed by atoms with Crippen molar-refractivity contribution in [3.63, 3.8) is 0 Å². The Morgan fingerprint density at radius 3 is 2.30 bits per heavy atom. The maximum atomic E-state index is 13.1. The SMILES string of the molecule is CC(C(=O)Nc1cc(C(C)(C)C)nn1-c1ncccn1)S(=O)(=O)c1ccc(F)cc1. The number of benzene rings is 1. The lowest BCUT2D eigenvalue weighted by molar-refractivity contribution is -0.115. The summed E-state index contributed by atoms with van der Waals surface area (Å²) in [6.45, 7) is 7.15. The van der Waals surface area contributed by atoms with Crippen LogP contribution in [0.25, 0.3) is 5.95 Å². The number of nitrogens with one attached hydrogen (secondary N) is 1. The quantitative estimate of drug-likeness (QED) is 0.623. The molecule has 158 valence electrons. The molecule has 10 heteroatoms. The van der Waals surface area contributed by atoms with Crippen LogP contribution in [0.15, 0.2) is 53.7 Å². The van der Waals surface area contributed by atoms with Gasteiger partial charge in [-0.15, -0.1) is 0 Å². The predicted octanol–water partition coefficient (Wildman–Crippen LogP) is 2.90. The Labute approximate surface area is 174 Å². The maximum absolute atomic E-state index is 13.1. The molecule has 0 aliphatic rings. The van der Waals surface area contributed by atoms with Gasteiger partial charge in [-0.1, -0.05) is 20.8 Å². The zero-order chi connectivity index (χ0) is 22.1. The molecule has 0 spiro atoms. The van der Waals surface area contributed by atoms with Crippen molar-refractivity contribution in [2.75, 3.05) is 5.32 Å². The third kappa shape index (κ3) is 4.38. The molecule has 0 radical (unpaired) electrons. The summed E-state index contributed by atoms with van der Waals surface area (Å²) >= 11 is 0. The summed E-state index contributed by atoms with van der Waals surface area (Å²) in [6.07, 6.45) is 3.07. The van der Waals surface area contributed by atoms with E-state index in [1.54, 1.807) is 12.1 Å². The first kappa shape index (κ1) is 21.6. The van der Waals surface area contributed by atoms with E-state index >= 15 is 0 Å². The number of amides is 1. The molecule has 2 aromatic heterocycles. The molecular weight excluding hydrogens is 409 g/mol. The number of carbonyl (C=O) groups excluding carboxylic acids is 1. The summed E-state index contributed by atoms with van der Waals surface area (Å²) in [4.78, 5) is 21.0. The van der Waals surface area contributed by atoms with Crippen LogP contribution in [0.5, 0.6) is 0 Å². The molecule has 0 saturated heterocycles. The minimum absolute atomic E-state index is 0.137. The van der Waals surface area contributed by atoms with Crippen LogP contribution in [0, 0.1) is 5.82 Å². The number of nitrogens with zero attached hydrogens (tertiary/aromatic N) is 4. The minimum atomic E-state index is -4.01. The second kappa shape index (κ2) is 7.94. The van der Waals surface area contributed by atoms with E-state index in [2.05, 4.69) is 20.4 Å². The van der Waals surface area contributed by atoms with Crippen molar-refractivity contribution in [1.82, 2.24) is 19.7 Å². The number of hydrogen-bond acceptors (Lipinski definition) is 6. The number of hydrogen-bond donors (Lipinski definition) is 1. The second-order valence-corrected chi connectivity index (χ2v) is 10.0. The monoisotopic (exact) mass is 431 g/mol. The molecule has 1 atom stereocenters. The number of carbonyl (C=O) groups is 1. The Kier molecular flexibility index (Phi) is 5.71. The molecule has 8 nitrogen and oxygen atoms in total. The predicted molar refractivity (Wildman–Crippen MR) is 110 cm³/mol. The van der Waals surface area contributed by atoms with Gasteiger partial charge in [0.15, 0.2) is 9.84 Å². The van der Waals surface area contributed by atoms with Crippen molar-refractivity contribution in [2.24, 2.45) is 0 Å². The van der Waals surface area contributed by atoms with E-state index in [-0.39, 0.29) is 22.1 Å². The number of aromatic nitrogens is 4. The zero-order valence-electron chi connectivity index (χ0n) is 17.0. The Hall–Kier alpha value is -3.14. The number of sulfone groups is 1. The van der Waals surface area contributed by atoms with Gasteiger partial charge in [0.05, 0.1) is 10.6 Å². The Morgan fingerprint density at radius 2 is 1.73 bits per heavy atom. The molecule has 1 amide bonds. The van der Waals surface area contributed by atoms with Crippen LogP contribution in [0.4, 0.5) is 10.2 Å². The number of halogens is 1. The minimum Gasteiger partial charge on any atom is -0.309 e. The van der Waals surface area contributed by atoms with Gasteiger partial charge in [0.2, 0.25) is 5.91 Å². The largest absolute Gasteiger partial charge is 0.309 e. The summed E-state index contributed by atoms with van der Waals surface area (Å²) in [5.74, 6) is -0.834. The molecule has 3 rings (SSSR count). The molecule has 2 heterocycles. The third-order valence-electron chi connectivity index (χ3n) is 4.45. The van der Waals surface area contributed by atoms with E-state index in [1.807, 2.05) is 20.8 Å². The molecule has 0 aliphatic heterocycles. The number of rotatable bonds is 5. The fraction of sp³-hybridized carbons (Fsp3) is 0.300. The molecule has 1 N–H and O–H groups in total. The van der Waals surface area contributed by atoms with Gasteiger partial charge in [-0.2, -0.15) is 9.78 Å². The van der Waals surface area contributed by atoms with Crippen LogP contribution < -0.4 is 5.32 Å². The molecule has 1 unspecified atom stereocenters. The van der Waals surface area contributed by atoms with Crippen molar-refractivity contribution in [3.8, 4) is 5.95 Å². The van der Waals surface area contributed by atoms with Crippen LogP contribution in [-0.4, -0.2) is 39.3 Å². The first-order valence-electron chi connectivity index (χ1n) is 9.18. The standard InChI is InChI=1S/C20H22FN5O3S/c1-13(30(28,29)15-8-6-14(21)7-9-15)18(27)24-17-12-16(20(2,3)4)25-26(17)19-22-10-5-11-23-19/h5-13H,1-4H3,(H,24,27). The van der Waals surface area contributed by atoms with Gasteiger partial charge in [0, 0.05) is 23.9 Å². The molecule has 30 heavy (non-hydrogen) atoms. The van der Waals surface area contributed by atoms with Crippen molar-refractivity contribution in [3.05, 3.63) is 60.3 Å². The summed E-state index contributed by atoms with van der Waals surface area (Å²) in [5, 5.41) is 5.68. The van der Waals surface area contributed by atoms with Crippen molar-refractivity contribution in [2.45, 2.75) is 43.3 Å². The summed E-state index contributed by atoms with van der Waals surface area (Å²) in [5.41, 5.74) is 0.338. The average molecular weight is 431 g/mol. The van der Waals surface area contributed by atoms with Gasteiger partial charge in [-0.05, 0) is 37.3 Å². The summed E-state index contributed by atoms with van der Waals surface area (Å²) < 4.78 is 40.0. The molecule has 0 aliphatic carbocycles. The Balaban J connectivity index is 1.94. The van der Waals surface area contributed by atoms with Crippen molar-refractivity contribution < 1.29 is 17.6 Å². The van der Waals surface area contributed by atoms with Crippen LogP contribution in [0.3, 0.4) is 0 Å². The highest BCUT2D eigenvalue weighted by Gasteiger charge is 2.31. The lowest BCUT2D eigenvalue weighted by atomic mass is 9.92. The van der Waals surface area contributed by atoms with Crippen molar-refractivity contribution >= 4 is 21.6 Å². The fourth-order valence-corrected chi connectivity index (χ4v) is 3.85. The lowest BCUT2D eigenvalue weighted by Crippen LogP contribution is -2.33. The van der Waals surface area contributed by atoms with Gasteiger partial charge < -0.3 is 5.32 Å². The molecule has 1 aromatic carbocycles. The van der Waals surface area contributed by atoms with E-state index in [4.69, 9.17) is 0 Å². The maximum Gasteiger partial charge on any atom is 0.252 e. The second-order valence-electron chi connectivity index (χ2n) is 7.76. The van der Waals surface area contributed by atoms with Crippen LogP contribution in [-0.2, 0) is 20.0 Å². The van der Waals surface area contributed by atoms with E-state index < -0.39 is 26.8 Å². The van der Waals surface area contributed by atoms with Gasteiger partial charge in [0.25, 0.3) is 5.95 Å². The normalized spacial score (nSPS) is 13.1. The van der Waals surface area contributed by atoms with E-state index in [1.165, 1.54) is 24.0 Å². The highest BCUT2D eigenvalue weighted by Crippen LogP contribution is 2.26. The van der Waals surface area contributed by atoms with Gasteiger partial charge in [-0.25, -0.2) is 22.8 Å². The molecule has 3 aromatic rings. The lowest BCUT2D eigenvalue weighted by Gasteiger charge is -2.14. The third-order valence-corrected chi connectivity index (χ3v) is 6.52.